The molecule has 1 heterocycles. The number of fused-ring (bicyclic) bond motifs is 1. The molecule has 4 atom stereocenters. The Balaban J connectivity index is 1.55. The number of aromatic amines is 1. The van der Waals surface area contributed by atoms with Crippen LogP contribution in [0.3, 0.4) is 0 Å². The van der Waals surface area contributed by atoms with Crippen LogP contribution in [-0.2, 0) is 32.0 Å². The third kappa shape index (κ3) is 7.31. The van der Waals surface area contributed by atoms with E-state index in [1.807, 2.05) is 24.3 Å². The number of amides is 3. The number of aliphatic hydroxyl groups excluding tert-OH is 1. The second kappa shape index (κ2) is 12.7. The molecule has 4 unspecified atom stereocenters. The molecule has 0 saturated carbocycles. The van der Waals surface area contributed by atoms with E-state index >= 15 is 0 Å². The van der Waals surface area contributed by atoms with Crippen molar-refractivity contribution in [2.24, 2.45) is 5.73 Å². The van der Waals surface area contributed by atoms with Crippen molar-refractivity contribution in [1.29, 1.82) is 0 Å². The third-order valence-corrected chi connectivity index (χ3v) is 6.01. The van der Waals surface area contributed by atoms with Gasteiger partial charge in [-0.25, -0.2) is 4.79 Å². The van der Waals surface area contributed by atoms with Gasteiger partial charge in [0.1, 0.15) is 23.9 Å². The number of phenolic OH excluding ortho intramolecular Hbond substituents is 1. The summed E-state index contributed by atoms with van der Waals surface area (Å²) in [5.74, 6) is -3.49. The van der Waals surface area contributed by atoms with E-state index in [1.54, 1.807) is 18.3 Å². The van der Waals surface area contributed by atoms with Crippen LogP contribution in [0, 0.1) is 0 Å². The van der Waals surface area contributed by atoms with Crippen LogP contribution in [0.1, 0.15) is 18.1 Å². The van der Waals surface area contributed by atoms with E-state index in [4.69, 9.17) is 5.73 Å². The van der Waals surface area contributed by atoms with Gasteiger partial charge in [-0.3, -0.25) is 14.4 Å². The number of nitrogens with one attached hydrogen (secondary N) is 4. The van der Waals surface area contributed by atoms with E-state index in [1.165, 1.54) is 19.1 Å². The molecule has 0 saturated heterocycles. The molecular formula is C26H31N5O7. The van der Waals surface area contributed by atoms with Crippen molar-refractivity contribution in [3.8, 4) is 5.75 Å². The first-order chi connectivity index (χ1) is 18.1. The van der Waals surface area contributed by atoms with Crippen molar-refractivity contribution in [2.75, 3.05) is 6.61 Å². The second-order valence-electron chi connectivity index (χ2n) is 8.91. The molecular weight excluding hydrogens is 494 g/mol. The zero-order chi connectivity index (χ0) is 27.8. The Kier molecular flexibility index (Phi) is 9.41. The molecule has 12 heteroatoms. The van der Waals surface area contributed by atoms with Gasteiger partial charge in [0.15, 0.2) is 0 Å². The number of carboxylic acid groups (broad SMARTS) is 1. The molecule has 1 aromatic heterocycles. The van der Waals surface area contributed by atoms with Gasteiger partial charge in [0.05, 0.1) is 12.6 Å². The normalized spacial score (nSPS) is 14.2. The molecule has 0 aliphatic rings. The number of benzene rings is 2. The molecule has 38 heavy (non-hydrogen) atoms. The van der Waals surface area contributed by atoms with Gasteiger partial charge >= 0.3 is 5.97 Å². The monoisotopic (exact) mass is 525 g/mol. The second-order valence-corrected chi connectivity index (χ2v) is 8.91. The standard InChI is InChI=1S/C26H31N5O7/c1-14(29-24(35)19(27)10-15-6-8-17(33)9-7-15)23(34)31-22(13-32)25(36)30-21(26(37)38)11-16-12-28-20-5-3-2-4-18(16)20/h2-9,12,14,19,21-22,28,32-33H,10-11,13,27H2,1H3,(H,29,35)(H,30,36)(H,31,34)(H,37,38). The quantitative estimate of drug-likeness (QED) is 0.155. The number of phenols is 1. The van der Waals surface area contributed by atoms with E-state index in [-0.39, 0.29) is 18.6 Å². The third-order valence-electron chi connectivity index (χ3n) is 6.01. The largest absolute Gasteiger partial charge is 0.508 e. The van der Waals surface area contributed by atoms with Crippen LogP contribution >= 0.6 is 0 Å². The van der Waals surface area contributed by atoms with E-state index in [0.29, 0.717) is 11.1 Å². The summed E-state index contributed by atoms with van der Waals surface area (Å²) in [6, 6.07) is 8.63. The zero-order valence-electron chi connectivity index (χ0n) is 20.7. The summed E-state index contributed by atoms with van der Waals surface area (Å²) in [5.41, 5.74) is 8.12. The highest BCUT2D eigenvalue weighted by molar-refractivity contribution is 5.94. The van der Waals surface area contributed by atoms with E-state index in [9.17, 15) is 34.5 Å². The maximum Gasteiger partial charge on any atom is 0.326 e. The topological polar surface area (TPSA) is 207 Å². The fourth-order valence-corrected chi connectivity index (χ4v) is 3.85. The number of aromatic nitrogens is 1. The molecule has 0 bridgehead atoms. The van der Waals surface area contributed by atoms with Crippen LogP contribution in [0.5, 0.6) is 5.75 Å². The average Bonchev–Trinajstić information content (AvgIpc) is 3.30. The summed E-state index contributed by atoms with van der Waals surface area (Å²) >= 11 is 0. The van der Waals surface area contributed by atoms with Crippen molar-refractivity contribution < 1.29 is 34.5 Å². The van der Waals surface area contributed by atoms with Crippen LogP contribution in [0.25, 0.3) is 10.9 Å². The Bertz CT molecular complexity index is 1290. The molecule has 3 rings (SSSR count). The predicted octanol–water partition coefficient (Wildman–Crippen LogP) is -0.463. The summed E-state index contributed by atoms with van der Waals surface area (Å²) in [5, 5.41) is 36.6. The summed E-state index contributed by atoms with van der Waals surface area (Å²) in [6.45, 7) is 0.585. The predicted molar refractivity (Wildman–Crippen MR) is 138 cm³/mol. The minimum absolute atomic E-state index is 0.0252. The molecule has 0 fully saturated rings. The van der Waals surface area contributed by atoms with Crippen LogP contribution < -0.4 is 21.7 Å². The molecule has 12 nitrogen and oxygen atoms in total. The Labute approximate surface area is 218 Å². The van der Waals surface area contributed by atoms with Crippen LogP contribution in [0.2, 0.25) is 0 Å². The Hall–Kier alpha value is -4.42. The highest BCUT2D eigenvalue weighted by Gasteiger charge is 2.29. The molecule has 202 valence electrons. The lowest BCUT2D eigenvalue weighted by Gasteiger charge is -2.22. The maximum atomic E-state index is 12.7. The number of carbonyl (C=O) groups is 4. The number of carboxylic acids is 1. The highest BCUT2D eigenvalue weighted by Crippen LogP contribution is 2.19. The van der Waals surface area contributed by atoms with Gasteiger partial charge in [-0.15, -0.1) is 0 Å². The fourth-order valence-electron chi connectivity index (χ4n) is 3.85. The first-order valence-corrected chi connectivity index (χ1v) is 11.9. The van der Waals surface area contributed by atoms with Gasteiger partial charge in [-0.2, -0.15) is 0 Å². The number of nitrogens with two attached hydrogens (primary N) is 1. The lowest BCUT2D eigenvalue weighted by molar-refractivity contribution is -0.142. The first-order valence-electron chi connectivity index (χ1n) is 11.9. The van der Waals surface area contributed by atoms with E-state index in [0.717, 1.165) is 10.9 Å². The summed E-state index contributed by atoms with van der Waals surface area (Å²) in [6.07, 6.45) is 1.80. The van der Waals surface area contributed by atoms with Crippen molar-refractivity contribution in [2.45, 2.75) is 43.9 Å². The number of hydrogen-bond acceptors (Lipinski definition) is 7. The molecule has 0 aliphatic heterocycles. The fraction of sp³-hybridized carbons (Fsp3) is 0.308. The van der Waals surface area contributed by atoms with Crippen molar-refractivity contribution in [3.05, 3.63) is 65.9 Å². The number of carbonyl (C=O) groups excluding carboxylic acids is 3. The highest BCUT2D eigenvalue weighted by atomic mass is 16.4. The van der Waals surface area contributed by atoms with Crippen molar-refractivity contribution >= 4 is 34.6 Å². The molecule has 2 aromatic carbocycles. The Morgan fingerprint density at radius 1 is 0.895 bits per heavy atom. The van der Waals surface area contributed by atoms with Gasteiger partial charge in [0.25, 0.3) is 0 Å². The Morgan fingerprint density at radius 2 is 1.55 bits per heavy atom. The number of para-hydroxylation sites is 1. The number of aliphatic hydroxyl groups is 1. The molecule has 0 radical (unpaired) electrons. The smallest absolute Gasteiger partial charge is 0.326 e. The minimum atomic E-state index is -1.45. The van der Waals surface area contributed by atoms with Crippen LogP contribution in [0.4, 0.5) is 0 Å². The van der Waals surface area contributed by atoms with E-state index in [2.05, 4.69) is 20.9 Å². The van der Waals surface area contributed by atoms with Gasteiger partial charge in [0, 0.05) is 23.5 Å². The Morgan fingerprint density at radius 3 is 2.21 bits per heavy atom. The average molecular weight is 526 g/mol. The minimum Gasteiger partial charge on any atom is -0.508 e. The van der Waals surface area contributed by atoms with E-state index < -0.39 is 54.5 Å². The molecule has 0 aliphatic carbocycles. The number of aliphatic carboxylic acids is 1. The number of rotatable bonds is 12. The SMILES string of the molecule is CC(NC(=O)C(N)Cc1ccc(O)cc1)C(=O)NC(CO)C(=O)NC(Cc1c[nH]c2ccccc12)C(=O)O. The first kappa shape index (κ1) is 28.2. The maximum absolute atomic E-state index is 12.7. The lowest BCUT2D eigenvalue weighted by atomic mass is 10.0. The number of hydrogen-bond donors (Lipinski definition) is 8. The summed E-state index contributed by atoms with van der Waals surface area (Å²) < 4.78 is 0. The van der Waals surface area contributed by atoms with Gasteiger partial charge in [0.2, 0.25) is 17.7 Å². The molecule has 0 spiro atoms. The van der Waals surface area contributed by atoms with Crippen molar-refractivity contribution in [3.63, 3.8) is 0 Å². The number of H-pyrrole nitrogens is 1. The van der Waals surface area contributed by atoms with Gasteiger partial charge in [-0.05, 0) is 42.7 Å². The van der Waals surface area contributed by atoms with Gasteiger partial charge < -0.3 is 42.0 Å². The number of aromatic hydroxyl groups is 1. The summed E-state index contributed by atoms with van der Waals surface area (Å²) in [4.78, 5) is 52.6. The summed E-state index contributed by atoms with van der Waals surface area (Å²) in [7, 11) is 0. The van der Waals surface area contributed by atoms with Crippen molar-refractivity contribution in [1.82, 2.24) is 20.9 Å². The molecule has 9 N–H and O–H groups in total. The lowest BCUT2D eigenvalue weighted by Crippen LogP contribution is -2.57. The van der Waals surface area contributed by atoms with Gasteiger partial charge in [-0.1, -0.05) is 30.3 Å². The van der Waals surface area contributed by atoms with Crippen LogP contribution in [0.15, 0.2) is 54.7 Å². The zero-order valence-corrected chi connectivity index (χ0v) is 20.7. The molecule has 3 aromatic rings. The van der Waals surface area contributed by atoms with Crippen LogP contribution in [-0.4, -0.2) is 74.8 Å². The molecule has 3 amide bonds.